The molecule has 3 fully saturated rings. The smallest absolute Gasteiger partial charge is 0.0263 e. The van der Waals surface area contributed by atoms with Gasteiger partial charge >= 0.3 is 0 Å². The number of piperidine rings is 2. The summed E-state index contributed by atoms with van der Waals surface area (Å²) in [5.41, 5.74) is 0.390. The van der Waals surface area contributed by atoms with Crippen molar-refractivity contribution in [3.8, 4) is 0 Å². The molecule has 0 spiro atoms. The highest BCUT2D eigenvalue weighted by atomic mass is 15.3. The maximum atomic E-state index is 3.51. The fourth-order valence-electron chi connectivity index (χ4n) is 4.25. The molecular weight excluding hydrogens is 222 g/mol. The van der Waals surface area contributed by atoms with E-state index in [-0.39, 0.29) is 0 Å². The summed E-state index contributed by atoms with van der Waals surface area (Å²) in [4.78, 5) is 5.56. The van der Waals surface area contributed by atoms with Crippen molar-refractivity contribution in [2.45, 2.75) is 63.1 Å². The minimum Gasteiger partial charge on any atom is -0.314 e. The largest absolute Gasteiger partial charge is 0.314 e. The van der Waals surface area contributed by atoms with Gasteiger partial charge in [-0.05, 0) is 52.6 Å². The first-order chi connectivity index (χ1) is 8.72. The lowest BCUT2D eigenvalue weighted by atomic mass is 9.87. The van der Waals surface area contributed by atoms with E-state index in [4.69, 9.17) is 0 Å². The number of hydrogen-bond acceptors (Lipinski definition) is 3. The molecule has 0 bridgehead atoms. The molecule has 2 atom stereocenters. The third-order valence-electron chi connectivity index (χ3n) is 5.79. The van der Waals surface area contributed by atoms with Crippen LogP contribution < -0.4 is 5.32 Å². The molecule has 18 heavy (non-hydrogen) atoms. The number of fused-ring (bicyclic) bond motifs is 1. The molecule has 0 radical (unpaired) electrons. The molecule has 3 rings (SSSR count). The molecule has 3 heteroatoms. The lowest BCUT2D eigenvalue weighted by Crippen LogP contribution is -2.55. The minimum atomic E-state index is 0.390. The van der Waals surface area contributed by atoms with Crippen LogP contribution in [0, 0.1) is 0 Å². The zero-order valence-corrected chi connectivity index (χ0v) is 12.1. The van der Waals surface area contributed by atoms with Crippen molar-refractivity contribution >= 4 is 0 Å². The van der Waals surface area contributed by atoms with Gasteiger partial charge in [-0.25, -0.2) is 0 Å². The molecule has 0 aromatic heterocycles. The highest BCUT2D eigenvalue weighted by molar-refractivity contribution is 4.98. The van der Waals surface area contributed by atoms with Gasteiger partial charge in [0.15, 0.2) is 0 Å². The van der Waals surface area contributed by atoms with Gasteiger partial charge in [-0.2, -0.15) is 0 Å². The van der Waals surface area contributed by atoms with Gasteiger partial charge in [-0.15, -0.1) is 0 Å². The molecule has 0 aromatic carbocycles. The fourth-order valence-corrected chi connectivity index (χ4v) is 4.25. The Kier molecular flexibility index (Phi) is 3.65. The van der Waals surface area contributed by atoms with E-state index in [2.05, 4.69) is 29.1 Å². The molecule has 0 aliphatic carbocycles. The van der Waals surface area contributed by atoms with Crippen LogP contribution in [-0.2, 0) is 0 Å². The van der Waals surface area contributed by atoms with Crippen LogP contribution in [0.25, 0.3) is 0 Å². The summed E-state index contributed by atoms with van der Waals surface area (Å²) < 4.78 is 0. The molecule has 2 unspecified atom stereocenters. The van der Waals surface area contributed by atoms with Crippen LogP contribution in [0.4, 0.5) is 0 Å². The van der Waals surface area contributed by atoms with E-state index in [1.165, 1.54) is 64.7 Å². The predicted molar refractivity (Wildman–Crippen MR) is 75.9 cm³/mol. The maximum absolute atomic E-state index is 3.51. The summed E-state index contributed by atoms with van der Waals surface area (Å²) >= 11 is 0. The first kappa shape index (κ1) is 12.9. The molecule has 3 saturated heterocycles. The van der Waals surface area contributed by atoms with Gasteiger partial charge in [0.05, 0.1) is 0 Å². The molecule has 3 nitrogen and oxygen atoms in total. The summed E-state index contributed by atoms with van der Waals surface area (Å²) in [6.07, 6.45) is 8.38. The molecule has 0 aromatic rings. The lowest BCUT2D eigenvalue weighted by Gasteiger charge is -2.44. The molecule has 3 aliphatic heterocycles. The van der Waals surface area contributed by atoms with Gasteiger partial charge in [0, 0.05) is 37.3 Å². The Morgan fingerprint density at radius 3 is 2.28 bits per heavy atom. The molecule has 104 valence electrons. The van der Waals surface area contributed by atoms with Crippen molar-refractivity contribution in [1.82, 2.24) is 15.1 Å². The first-order valence-electron chi connectivity index (χ1n) is 7.89. The molecule has 3 heterocycles. The van der Waals surface area contributed by atoms with E-state index in [9.17, 15) is 0 Å². The topological polar surface area (TPSA) is 18.5 Å². The number of nitrogens with one attached hydrogen (secondary N) is 1. The molecule has 0 amide bonds. The van der Waals surface area contributed by atoms with Gasteiger partial charge in [-0.1, -0.05) is 6.42 Å². The monoisotopic (exact) mass is 251 g/mol. The summed E-state index contributed by atoms with van der Waals surface area (Å²) in [6, 6.07) is 1.75. The predicted octanol–water partition coefficient (Wildman–Crippen LogP) is 1.69. The Morgan fingerprint density at radius 2 is 1.56 bits per heavy atom. The third kappa shape index (κ3) is 2.33. The zero-order valence-electron chi connectivity index (χ0n) is 12.1. The van der Waals surface area contributed by atoms with Gasteiger partial charge in [-0.3, -0.25) is 9.80 Å². The number of likely N-dealkylation sites (tertiary alicyclic amines) is 1. The number of hydrogen-bond donors (Lipinski definition) is 1. The van der Waals surface area contributed by atoms with E-state index in [1.807, 2.05) is 0 Å². The van der Waals surface area contributed by atoms with Gasteiger partial charge in [0.25, 0.3) is 0 Å². The van der Waals surface area contributed by atoms with E-state index in [0.29, 0.717) is 5.54 Å². The van der Waals surface area contributed by atoms with Crippen LogP contribution in [0.2, 0.25) is 0 Å². The lowest BCUT2D eigenvalue weighted by molar-refractivity contribution is 0.0730. The number of nitrogens with zero attached hydrogens (tertiary/aromatic N) is 2. The second kappa shape index (κ2) is 5.10. The van der Waals surface area contributed by atoms with Gasteiger partial charge in [0.2, 0.25) is 0 Å². The average Bonchev–Trinajstić information content (AvgIpc) is 2.84. The highest BCUT2D eigenvalue weighted by Crippen LogP contribution is 2.33. The number of rotatable bonds is 2. The summed E-state index contributed by atoms with van der Waals surface area (Å²) in [6.45, 7) is 7.70. The van der Waals surface area contributed by atoms with Gasteiger partial charge < -0.3 is 5.32 Å². The van der Waals surface area contributed by atoms with Crippen LogP contribution in [0.5, 0.6) is 0 Å². The molecular formula is C15H29N3. The highest BCUT2D eigenvalue weighted by Gasteiger charge is 2.40. The molecule has 3 aliphatic rings. The summed E-state index contributed by atoms with van der Waals surface area (Å²) in [5, 5.41) is 3.51. The summed E-state index contributed by atoms with van der Waals surface area (Å²) in [5.74, 6) is 0. The van der Waals surface area contributed by atoms with Crippen molar-refractivity contribution in [2.75, 3.05) is 33.2 Å². The van der Waals surface area contributed by atoms with Crippen LogP contribution in [-0.4, -0.2) is 60.6 Å². The Hall–Kier alpha value is -0.120. The van der Waals surface area contributed by atoms with E-state index >= 15 is 0 Å². The quantitative estimate of drug-likeness (QED) is 0.806. The average molecular weight is 251 g/mol. The zero-order chi connectivity index (χ0) is 12.6. The van der Waals surface area contributed by atoms with Crippen LogP contribution in [0.15, 0.2) is 0 Å². The Balaban J connectivity index is 1.59. The Labute approximate surface area is 112 Å². The second-order valence-corrected chi connectivity index (χ2v) is 6.80. The Bertz CT molecular complexity index is 283. The van der Waals surface area contributed by atoms with E-state index in [1.54, 1.807) is 0 Å². The molecule has 0 saturated carbocycles. The van der Waals surface area contributed by atoms with Gasteiger partial charge in [0.1, 0.15) is 0 Å². The Morgan fingerprint density at radius 1 is 0.889 bits per heavy atom. The van der Waals surface area contributed by atoms with E-state index < -0.39 is 0 Å². The normalized spacial score (nSPS) is 37.7. The minimum absolute atomic E-state index is 0.390. The second-order valence-electron chi connectivity index (χ2n) is 6.80. The maximum Gasteiger partial charge on any atom is 0.0263 e. The summed E-state index contributed by atoms with van der Waals surface area (Å²) in [7, 11) is 2.12. The van der Waals surface area contributed by atoms with Crippen LogP contribution in [0.1, 0.15) is 45.4 Å². The SMILES string of the molecule is CNC1(C)CCN(C2CCN3CCCCC23)CC1. The van der Waals surface area contributed by atoms with Crippen molar-refractivity contribution in [3.63, 3.8) is 0 Å². The molecule has 1 N–H and O–H groups in total. The van der Waals surface area contributed by atoms with Crippen LogP contribution >= 0.6 is 0 Å². The first-order valence-corrected chi connectivity index (χ1v) is 7.89. The fraction of sp³-hybridized carbons (Fsp3) is 1.00. The van der Waals surface area contributed by atoms with E-state index in [0.717, 1.165) is 12.1 Å². The third-order valence-corrected chi connectivity index (χ3v) is 5.79. The van der Waals surface area contributed by atoms with Crippen molar-refractivity contribution in [3.05, 3.63) is 0 Å². The van der Waals surface area contributed by atoms with Crippen molar-refractivity contribution < 1.29 is 0 Å². The van der Waals surface area contributed by atoms with Crippen LogP contribution in [0.3, 0.4) is 0 Å². The van der Waals surface area contributed by atoms with Crippen molar-refractivity contribution in [1.29, 1.82) is 0 Å². The standard InChI is InChI=1S/C15H29N3/c1-15(16-2)7-11-18(12-8-15)14-6-10-17-9-4-3-5-13(14)17/h13-14,16H,3-12H2,1-2H3. The van der Waals surface area contributed by atoms with Crippen molar-refractivity contribution in [2.24, 2.45) is 0 Å².